The number of carbonyl (C=O) groups is 1. The third-order valence-corrected chi connectivity index (χ3v) is 6.97. The SMILES string of the molecule is COc1cccc2c(=O)c(C(=O)Nc3ccc(S(=O)(=O)N4CCOCC4)cc3)c[nH]c12. The molecule has 2 heterocycles. The van der Waals surface area contributed by atoms with Gasteiger partial charge >= 0.3 is 0 Å². The maximum absolute atomic E-state index is 12.8. The number of hydrogen-bond donors (Lipinski definition) is 2. The van der Waals surface area contributed by atoms with Gasteiger partial charge in [0, 0.05) is 25.0 Å². The Hall–Kier alpha value is -3.21. The van der Waals surface area contributed by atoms with Gasteiger partial charge in [0.2, 0.25) is 15.5 Å². The second-order valence-electron chi connectivity index (χ2n) is 6.91. The molecule has 162 valence electrons. The first-order chi connectivity index (χ1) is 14.9. The van der Waals surface area contributed by atoms with Gasteiger partial charge in [-0.15, -0.1) is 0 Å². The number of aromatic nitrogens is 1. The second kappa shape index (κ2) is 8.50. The van der Waals surface area contributed by atoms with Crippen molar-refractivity contribution in [2.45, 2.75) is 4.90 Å². The maximum atomic E-state index is 12.8. The fourth-order valence-corrected chi connectivity index (χ4v) is 4.82. The molecule has 4 rings (SSSR count). The predicted octanol–water partition coefficient (Wildman–Crippen LogP) is 1.81. The number of fused-ring (bicyclic) bond motifs is 1. The number of ether oxygens (including phenoxy) is 2. The van der Waals surface area contributed by atoms with Crippen molar-refractivity contribution in [3.8, 4) is 5.75 Å². The summed E-state index contributed by atoms with van der Waals surface area (Å²) in [5, 5.41) is 2.96. The molecule has 10 heteroatoms. The minimum Gasteiger partial charge on any atom is -0.495 e. The van der Waals surface area contributed by atoms with Gasteiger partial charge in [-0.1, -0.05) is 6.07 Å². The summed E-state index contributed by atoms with van der Waals surface area (Å²) >= 11 is 0. The average molecular weight is 443 g/mol. The normalized spacial score (nSPS) is 15.0. The summed E-state index contributed by atoms with van der Waals surface area (Å²) in [4.78, 5) is 28.5. The fourth-order valence-electron chi connectivity index (χ4n) is 3.41. The fraction of sp³-hybridized carbons (Fsp3) is 0.238. The van der Waals surface area contributed by atoms with Crippen LogP contribution in [0.1, 0.15) is 10.4 Å². The molecule has 0 atom stereocenters. The van der Waals surface area contributed by atoms with E-state index in [-0.39, 0.29) is 10.5 Å². The molecule has 1 aromatic heterocycles. The van der Waals surface area contributed by atoms with Gasteiger partial charge in [-0.2, -0.15) is 4.31 Å². The van der Waals surface area contributed by atoms with Crippen molar-refractivity contribution < 1.29 is 22.7 Å². The van der Waals surface area contributed by atoms with Gasteiger partial charge < -0.3 is 19.8 Å². The van der Waals surface area contributed by atoms with E-state index in [1.165, 1.54) is 41.9 Å². The van der Waals surface area contributed by atoms with Crippen LogP contribution in [0.25, 0.3) is 10.9 Å². The molecule has 0 bridgehead atoms. The Morgan fingerprint density at radius 1 is 1.13 bits per heavy atom. The highest BCUT2D eigenvalue weighted by atomic mass is 32.2. The molecule has 1 aliphatic rings. The number of carbonyl (C=O) groups excluding carboxylic acids is 1. The van der Waals surface area contributed by atoms with Crippen LogP contribution < -0.4 is 15.5 Å². The number of benzene rings is 2. The van der Waals surface area contributed by atoms with E-state index < -0.39 is 21.4 Å². The first-order valence-electron chi connectivity index (χ1n) is 9.59. The van der Waals surface area contributed by atoms with E-state index in [0.29, 0.717) is 48.6 Å². The van der Waals surface area contributed by atoms with E-state index in [1.807, 2.05) is 0 Å². The topological polar surface area (TPSA) is 118 Å². The van der Waals surface area contributed by atoms with Crippen molar-refractivity contribution in [1.29, 1.82) is 0 Å². The summed E-state index contributed by atoms with van der Waals surface area (Å²) in [5.41, 5.74) is 0.378. The number of aromatic amines is 1. The lowest BCUT2D eigenvalue weighted by molar-refractivity contribution is 0.0730. The van der Waals surface area contributed by atoms with E-state index in [4.69, 9.17) is 9.47 Å². The molecule has 31 heavy (non-hydrogen) atoms. The van der Waals surface area contributed by atoms with Gasteiger partial charge in [-0.05, 0) is 36.4 Å². The molecule has 9 nitrogen and oxygen atoms in total. The largest absolute Gasteiger partial charge is 0.495 e. The molecule has 0 radical (unpaired) electrons. The zero-order valence-electron chi connectivity index (χ0n) is 16.8. The van der Waals surface area contributed by atoms with Crippen molar-refractivity contribution in [3.05, 3.63) is 64.4 Å². The highest BCUT2D eigenvalue weighted by Gasteiger charge is 2.26. The number of morpholine rings is 1. The van der Waals surface area contributed by atoms with E-state index in [1.54, 1.807) is 18.2 Å². The van der Waals surface area contributed by atoms with Crippen LogP contribution in [-0.2, 0) is 14.8 Å². The van der Waals surface area contributed by atoms with E-state index in [9.17, 15) is 18.0 Å². The highest BCUT2D eigenvalue weighted by Crippen LogP contribution is 2.22. The standard InChI is InChI=1S/C21H21N3O6S/c1-29-18-4-2-3-16-19(18)22-13-17(20(16)25)21(26)23-14-5-7-15(8-6-14)31(27,28)24-9-11-30-12-10-24/h2-8,13H,9-12H2,1H3,(H,22,25)(H,23,26). The van der Waals surface area contributed by atoms with Crippen LogP contribution in [0.15, 0.2) is 58.4 Å². The second-order valence-corrected chi connectivity index (χ2v) is 8.85. The Balaban J connectivity index is 1.55. The Kier molecular flexibility index (Phi) is 5.77. The monoisotopic (exact) mass is 443 g/mol. The molecule has 2 N–H and O–H groups in total. The molecular weight excluding hydrogens is 422 g/mol. The van der Waals surface area contributed by atoms with Crippen LogP contribution in [0.5, 0.6) is 5.75 Å². The minimum absolute atomic E-state index is 0.0641. The number of sulfonamides is 1. The quantitative estimate of drug-likeness (QED) is 0.621. The number of rotatable bonds is 5. The molecule has 3 aromatic rings. The van der Waals surface area contributed by atoms with Crippen molar-refractivity contribution >= 4 is 32.5 Å². The Labute approximate surface area is 178 Å². The molecule has 1 amide bonds. The summed E-state index contributed by atoms with van der Waals surface area (Å²) in [6.07, 6.45) is 1.33. The third kappa shape index (κ3) is 4.05. The van der Waals surface area contributed by atoms with E-state index >= 15 is 0 Å². The Bertz CT molecular complexity index is 1280. The molecule has 0 aliphatic carbocycles. The molecular formula is C21H21N3O6S. The highest BCUT2D eigenvalue weighted by molar-refractivity contribution is 7.89. The molecule has 0 unspecified atom stereocenters. The van der Waals surface area contributed by atoms with Crippen LogP contribution in [0.3, 0.4) is 0 Å². The first kappa shape index (κ1) is 21.0. The van der Waals surface area contributed by atoms with Crippen LogP contribution in [0.2, 0.25) is 0 Å². The van der Waals surface area contributed by atoms with Crippen molar-refractivity contribution in [2.75, 3.05) is 38.7 Å². The number of H-pyrrole nitrogens is 1. The van der Waals surface area contributed by atoms with Gasteiger partial charge in [-0.3, -0.25) is 9.59 Å². The molecule has 1 fully saturated rings. The van der Waals surface area contributed by atoms with E-state index in [2.05, 4.69) is 10.3 Å². The lowest BCUT2D eigenvalue weighted by Gasteiger charge is -2.26. The number of anilines is 1. The first-order valence-corrected chi connectivity index (χ1v) is 11.0. The van der Waals surface area contributed by atoms with Crippen molar-refractivity contribution in [3.63, 3.8) is 0 Å². The van der Waals surface area contributed by atoms with Crippen LogP contribution >= 0.6 is 0 Å². The Morgan fingerprint density at radius 2 is 1.84 bits per heavy atom. The minimum atomic E-state index is -3.62. The average Bonchev–Trinajstić information content (AvgIpc) is 2.80. The van der Waals surface area contributed by atoms with Gasteiger partial charge in [0.1, 0.15) is 11.3 Å². The summed E-state index contributed by atoms with van der Waals surface area (Å²) in [6.45, 7) is 1.33. The zero-order chi connectivity index (χ0) is 22.0. The Morgan fingerprint density at radius 3 is 2.52 bits per heavy atom. The molecule has 0 spiro atoms. The maximum Gasteiger partial charge on any atom is 0.261 e. The van der Waals surface area contributed by atoms with Crippen LogP contribution in [0, 0.1) is 0 Å². The summed E-state index contributed by atoms with van der Waals surface area (Å²) in [6, 6.07) is 10.8. The zero-order valence-corrected chi connectivity index (χ0v) is 17.6. The summed E-state index contributed by atoms with van der Waals surface area (Å²) in [7, 11) is -2.13. The molecule has 1 aliphatic heterocycles. The number of para-hydroxylation sites is 1. The number of amides is 1. The summed E-state index contributed by atoms with van der Waals surface area (Å²) in [5.74, 6) is -0.103. The van der Waals surface area contributed by atoms with Crippen molar-refractivity contribution in [2.24, 2.45) is 0 Å². The van der Waals surface area contributed by atoms with E-state index in [0.717, 1.165) is 0 Å². The number of nitrogens with zero attached hydrogens (tertiary/aromatic N) is 1. The lowest BCUT2D eigenvalue weighted by Crippen LogP contribution is -2.40. The number of nitrogens with one attached hydrogen (secondary N) is 2. The lowest BCUT2D eigenvalue weighted by atomic mass is 10.1. The van der Waals surface area contributed by atoms with Gasteiger partial charge in [0.15, 0.2) is 0 Å². The van der Waals surface area contributed by atoms with Gasteiger partial charge in [0.25, 0.3) is 5.91 Å². The smallest absolute Gasteiger partial charge is 0.261 e. The number of methoxy groups -OCH3 is 1. The number of pyridine rings is 1. The molecule has 2 aromatic carbocycles. The van der Waals surface area contributed by atoms with Gasteiger partial charge in [0.05, 0.1) is 36.1 Å². The third-order valence-electron chi connectivity index (χ3n) is 5.06. The van der Waals surface area contributed by atoms with Gasteiger partial charge in [-0.25, -0.2) is 8.42 Å². The van der Waals surface area contributed by atoms with Crippen molar-refractivity contribution in [1.82, 2.24) is 9.29 Å². The summed E-state index contributed by atoms with van der Waals surface area (Å²) < 4.78 is 37.2. The predicted molar refractivity (Wildman–Crippen MR) is 115 cm³/mol. The number of hydrogen-bond acceptors (Lipinski definition) is 6. The van der Waals surface area contributed by atoms with Crippen LogP contribution in [0.4, 0.5) is 5.69 Å². The van der Waals surface area contributed by atoms with Crippen LogP contribution in [-0.4, -0.2) is 57.0 Å². The molecule has 1 saturated heterocycles. The molecule has 0 saturated carbocycles.